The van der Waals surface area contributed by atoms with E-state index in [9.17, 15) is 13.2 Å². The minimum atomic E-state index is -3.90. The van der Waals surface area contributed by atoms with Crippen LogP contribution in [0.1, 0.15) is 17.5 Å². The van der Waals surface area contributed by atoms with Crippen LogP contribution in [0.3, 0.4) is 0 Å². The van der Waals surface area contributed by atoms with Gasteiger partial charge in [0.2, 0.25) is 5.91 Å². The number of amides is 1. The molecule has 0 radical (unpaired) electrons. The summed E-state index contributed by atoms with van der Waals surface area (Å²) in [5.41, 5.74) is 2.62. The van der Waals surface area contributed by atoms with Crippen molar-refractivity contribution in [3.05, 3.63) is 76.8 Å². The Morgan fingerprint density at radius 3 is 2.42 bits per heavy atom. The fourth-order valence-corrected chi connectivity index (χ4v) is 4.22. The zero-order chi connectivity index (χ0) is 24.0. The summed E-state index contributed by atoms with van der Waals surface area (Å²) in [4.78, 5) is 12.4. The van der Waals surface area contributed by atoms with Crippen LogP contribution in [0.2, 0.25) is 5.02 Å². The number of ether oxygens (including phenoxy) is 2. The molecule has 0 heterocycles. The van der Waals surface area contributed by atoms with Crippen LogP contribution in [0, 0.1) is 13.8 Å². The van der Waals surface area contributed by atoms with Crippen molar-refractivity contribution in [3.8, 4) is 11.5 Å². The molecule has 0 aliphatic heterocycles. The van der Waals surface area contributed by atoms with Crippen LogP contribution < -0.4 is 19.5 Å². The van der Waals surface area contributed by atoms with E-state index in [4.69, 9.17) is 21.1 Å². The minimum absolute atomic E-state index is 0.0374. The van der Waals surface area contributed by atoms with Crippen molar-refractivity contribution in [2.45, 2.75) is 25.2 Å². The van der Waals surface area contributed by atoms with Crippen molar-refractivity contribution in [2.75, 3.05) is 23.8 Å². The van der Waals surface area contributed by atoms with Gasteiger partial charge < -0.3 is 14.8 Å². The maximum absolute atomic E-state index is 12.8. The van der Waals surface area contributed by atoms with Crippen molar-refractivity contribution >= 4 is 38.9 Å². The highest BCUT2D eigenvalue weighted by Gasteiger charge is 2.17. The molecule has 0 aromatic heterocycles. The number of aryl methyl sites for hydroxylation is 2. The van der Waals surface area contributed by atoms with E-state index in [2.05, 4.69) is 10.0 Å². The van der Waals surface area contributed by atoms with Crippen molar-refractivity contribution in [3.63, 3.8) is 0 Å². The smallest absolute Gasteiger partial charge is 0.261 e. The van der Waals surface area contributed by atoms with Gasteiger partial charge in [0.1, 0.15) is 11.5 Å². The summed E-state index contributed by atoms with van der Waals surface area (Å²) in [7, 11) is -2.37. The van der Waals surface area contributed by atoms with Crippen LogP contribution in [0.15, 0.2) is 65.6 Å². The second-order valence-corrected chi connectivity index (χ2v) is 9.48. The molecule has 0 aliphatic rings. The first kappa shape index (κ1) is 24.4. The maximum atomic E-state index is 12.8. The summed E-state index contributed by atoms with van der Waals surface area (Å²) < 4.78 is 38.8. The molecule has 3 aromatic carbocycles. The molecule has 0 spiro atoms. The van der Waals surface area contributed by atoms with Gasteiger partial charge in [-0.15, -0.1) is 0 Å². The van der Waals surface area contributed by atoms with Crippen LogP contribution in [-0.2, 0) is 14.8 Å². The standard InChI is InChI=1S/C24H25ClN2O5S/c1-16-4-5-17(2)23(14-16)32-13-12-24(28)26-22-15-20(10-11-21(22)25)33(29,30)27-18-6-8-19(31-3)9-7-18/h4-11,14-15,27H,12-13H2,1-3H3,(H,26,28). The average Bonchev–Trinajstić information content (AvgIpc) is 2.78. The lowest BCUT2D eigenvalue weighted by Crippen LogP contribution is -2.17. The summed E-state index contributed by atoms with van der Waals surface area (Å²) in [6, 6.07) is 16.4. The summed E-state index contributed by atoms with van der Waals surface area (Å²) in [6.07, 6.45) is 0.0742. The zero-order valence-electron chi connectivity index (χ0n) is 18.5. The van der Waals surface area contributed by atoms with E-state index in [1.165, 1.54) is 25.3 Å². The lowest BCUT2D eigenvalue weighted by atomic mass is 10.1. The Morgan fingerprint density at radius 2 is 1.73 bits per heavy atom. The van der Waals surface area contributed by atoms with Gasteiger partial charge in [0.05, 0.1) is 35.7 Å². The second-order valence-electron chi connectivity index (χ2n) is 7.39. The lowest BCUT2D eigenvalue weighted by molar-refractivity contribution is -0.116. The molecule has 0 atom stereocenters. The summed E-state index contributed by atoms with van der Waals surface area (Å²) in [6.45, 7) is 4.07. The van der Waals surface area contributed by atoms with Gasteiger partial charge in [-0.2, -0.15) is 0 Å². The number of nitrogens with one attached hydrogen (secondary N) is 2. The molecular weight excluding hydrogens is 464 g/mol. The van der Waals surface area contributed by atoms with Crippen molar-refractivity contribution < 1.29 is 22.7 Å². The highest BCUT2D eigenvalue weighted by molar-refractivity contribution is 7.92. The molecule has 0 aliphatic carbocycles. The number of rotatable bonds is 9. The number of benzene rings is 3. The van der Waals surface area contributed by atoms with Gasteiger partial charge in [-0.25, -0.2) is 8.42 Å². The lowest BCUT2D eigenvalue weighted by Gasteiger charge is -2.13. The molecule has 0 unspecified atom stereocenters. The Labute approximate surface area is 198 Å². The molecule has 2 N–H and O–H groups in total. The number of methoxy groups -OCH3 is 1. The number of carbonyl (C=O) groups is 1. The second kappa shape index (κ2) is 10.6. The molecule has 3 rings (SSSR count). The largest absolute Gasteiger partial charge is 0.497 e. The molecule has 174 valence electrons. The fraction of sp³-hybridized carbons (Fsp3) is 0.208. The quantitative estimate of drug-likeness (QED) is 0.433. The first-order valence-corrected chi connectivity index (χ1v) is 12.0. The predicted molar refractivity (Wildman–Crippen MR) is 130 cm³/mol. The maximum Gasteiger partial charge on any atom is 0.261 e. The number of sulfonamides is 1. The van der Waals surface area contributed by atoms with Gasteiger partial charge in [-0.1, -0.05) is 23.7 Å². The third kappa shape index (κ3) is 6.63. The molecule has 0 saturated heterocycles. The van der Waals surface area contributed by atoms with E-state index in [0.717, 1.165) is 16.9 Å². The fourth-order valence-electron chi connectivity index (χ4n) is 2.97. The number of carbonyl (C=O) groups excluding carboxylic acids is 1. The van der Waals surface area contributed by atoms with Crippen molar-refractivity contribution in [1.29, 1.82) is 0 Å². The van der Waals surface area contributed by atoms with E-state index < -0.39 is 10.0 Å². The highest BCUT2D eigenvalue weighted by Crippen LogP contribution is 2.27. The first-order valence-electron chi connectivity index (χ1n) is 10.1. The van der Waals surface area contributed by atoms with E-state index in [0.29, 0.717) is 11.4 Å². The summed E-state index contributed by atoms with van der Waals surface area (Å²) >= 11 is 6.18. The third-order valence-corrected chi connectivity index (χ3v) is 6.50. The highest BCUT2D eigenvalue weighted by atomic mass is 35.5. The zero-order valence-corrected chi connectivity index (χ0v) is 20.1. The number of hydrogen-bond acceptors (Lipinski definition) is 5. The van der Waals surface area contributed by atoms with Crippen LogP contribution >= 0.6 is 11.6 Å². The average molecular weight is 489 g/mol. The Hall–Kier alpha value is -3.23. The van der Waals surface area contributed by atoms with Gasteiger partial charge >= 0.3 is 0 Å². The number of anilines is 2. The van der Waals surface area contributed by atoms with Gasteiger partial charge in [0.25, 0.3) is 10.0 Å². The molecule has 0 bridgehead atoms. The SMILES string of the molecule is COc1ccc(NS(=O)(=O)c2ccc(Cl)c(NC(=O)CCOc3cc(C)ccc3C)c2)cc1. The molecule has 3 aromatic rings. The van der Waals surface area contributed by atoms with Gasteiger partial charge in [-0.3, -0.25) is 9.52 Å². The Morgan fingerprint density at radius 1 is 1.00 bits per heavy atom. The van der Waals surface area contributed by atoms with Crippen LogP contribution in [0.5, 0.6) is 11.5 Å². The topological polar surface area (TPSA) is 93.7 Å². The van der Waals surface area contributed by atoms with Gasteiger partial charge in [0.15, 0.2) is 0 Å². The molecule has 33 heavy (non-hydrogen) atoms. The van der Waals surface area contributed by atoms with E-state index in [-0.39, 0.29) is 34.5 Å². The first-order chi connectivity index (χ1) is 15.7. The number of halogens is 1. The Balaban J connectivity index is 1.65. The van der Waals surface area contributed by atoms with Gasteiger partial charge in [0, 0.05) is 5.69 Å². The molecule has 7 nitrogen and oxygen atoms in total. The van der Waals surface area contributed by atoms with Crippen molar-refractivity contribution in [2.24, 2.45) is 0 Å². The summed E-state index contributed by atoms with van der Waals surface area (Å²) in [5.74, 6) is 0.981. The third-order valence-electron chi connectivity index (χ3n) is 4.79. The molecule has 0 fully saturated rings. The predicted octanol–water partition coefficient (Wildman–Crippen LogP) is 5.17. The normalized spacial score (nSPS) is 11.0. The molecule has 0 saturated carbocycles. The molecule has 1 amide bonds. The Bertz CT molecular complexity index is 1240. The molecule has 9 heteroatoms. The van der Waals surface area contributed by atoms with E-state index in [1.807, 2.05) is 32.0 Å². The van der Waals surface area contributed by atoms with E-state index >= 15 is 0 Å². The Kier molecular flexibility index (Phi) is 7.84. The van der Waals surface area contributed by atoms with Crippen LogP contribution in [-0.4, -0.2) is 28.0 Å². The van der Waals surface area contributed by atoms with E-state index in [1.54, 1.807) is 24.3 Å². The monoisotopic (exact) mass is 488 g/mol. The minimum Gasteiger partial charge on any atom is -0.497 e. The van der Waals surface area contributed by atoms with Crippen LogP contribution in [0.4, 0.5) is 11.4 Å². The summed E-state index contributed by atoms with van der Waals surface area (Å²) in [5, 5.41) is 2.88. The van der Waals surface area contributed by atoms with Gasteiger partial charge in [-0.05, 0) is 73.5 Å². The van der Waals surface area contributed by atoms with Crippen LogP contribution in [0.25, 0.3) is 0 Å². The number of hydrogen-bond donors (Lipinski definition) is 2. The molecular formula is C24H25ClN2O5S. The van der Waals surface area contributed by atoms with Crippen molar-refractivity contribution in [1.82, 2.24) is 0 Å².